The molecule has 2 aromatic rings. The van der Waals surface area contributed by atoms with Gasteiger partial charge in [-0.25, -0.2) is 4.79 Å². The third-order valence-corrected chi connectivity index (χ3v) is 5.29. The van der Waals surface area contributed by atoms with Gasteiger partial charge in [-0.05, 0) is 5.56 Å². The topological polar surface area (TPSA) is 93.6 Å². The van der Waals surface area contributed by atoms with Crippen molar-refractivity contribution in [1.29, 1.82) is 0 Å². The van der Waals surface area contributed by atoms with E-state index in [1.54, 1.807) is 0 Å². The van der Waals surface area contributed by atoms with Crippen LogP contribution < -0.4 is 17.0 Å². The van der Waals surface area contributed by atoms with Crippen LogP contribution in [0.4, 0.5) is 5.82 Å². The predicted molar refractivity (Wildman–Crippen MR) is 114 cm³/mol. The van der Waals surface area contributed by atoms with Crippen molar-refractivity contribution in [3.63, 3.8) is 0 Å². The summed E-state index contributed by atoms with van der Waals surface area (Å²) in [6.45, 7) is 4.12. The maximum atomic E-state index is 12.7. The Morgan fingerprint density at radius 3 is 2.28 bits per heavy atom. The van der Waals surface area contributed by atoms with E-state index in [1.165, 1.54) is 19.7 Å². The first-order valence-electron chi connectivity index (χ1n) is 9.63. The summed E-state index contributed by atoms with van der Waals surface area (Å²) in [4.78, 5) is 41.3. The number of anilines is 1. The second-order valence-corrected chi connectivity index (χ2v) is 7.28. The Morgan fingerprint density at radius 2 is 1.62 bits per heavy atom. The first-order chi connectivity index (χ1) is 13.9. The highest BCUT2D eigenvalue weighted by Crippen LogP contribution is 2.08. The molecule has 0 amide bonds. The van der Waals surface area contributed by atoms with Crippen molar-refractivity contribution >= 4 is 17.7 Å². The zero-order valence-corrected chi connectivity index (χ0v) is 16.9. The Bertz CT molecular complexity index is 1020. The van der Waals surface area contributed by atoms with Gasteiger partial charge in [0.25, 0.3) is 5.56 Å². The van der Waals surface area contributed by atoms with Gasteiger partial charge in [0.2, 0.25) is 0 Å². The molecule has 0 spiro atoms. The van der Waals surface area contributed by atoms with Crippen LogP contribution in [0.2, 0.25) is 0 Å². The maximum Gasteiger partial charge on any atom is 0.332 e. The Labute approximate surface area is 169 Å². The number of carbonyl (C=O) groups excluding carboxylic acids is 1. The molecule has 2 heterocycles. The summed E-state index contributed by atoms with van der Waals surface area (Å²) in [5, 5.41) is 0. The van der Waals surface area contributed by atoms with Crippen LogP contribution in [0.5, 0.6) is 0 Å². The summed E-state index contributed by atoms with van der Waals surface area (Å²) in [6, 6.07) is 10.2. The number of benzene rings is 1. The van der Waals surface area contributed by atoms with E-state index in [4.69, 9.17) is 5.73 Å². The lowest BCUT2D eigenvalue weighted by atomic mass is 10.1. The van der Waals surface area contributed by atoms with Crippen LogP contribution in [0, 0.1) is 0 Å². The summed E-state index contributed by atoms with van der Waals surface area (Å²) < 4.78 is 2.05. The molecular weight excluding hydrogens is 370 g/mol. The monoisotopic (exact) mass is 397 g/mol. The number of ketones is 1. The van der Waals surface area contributed by atoms with Crippen LogP contribution >= 0.6 is 0 Å². The van der Waals surface area contributed by atoms with Crippen LogP contribution in [0.25, 0.3) is 6.08 Å². The number of rotatable bonds is 6. The van der Waals surface area contributed by atoms with E-state index in [-0.39, 0.29) is 23.7 Å². The van der Waals surface area contributed by atoms with Crippen molar-refractivity contribution in [2.75, 3.05) is 45.0 Å². The lowest BCUT2D eigenvalue weighted by molar-refractivity contribution is 0.0863. The number of nitrogens with two attached hydrogens (primary N) is 1. The second-order valence-electron chi connectivity index (χ2n) is 7.28. The van der Waals surface area contributed by atoms with E-state index in [2.05, 4.69) is 29.2 Å². The molecule has 1 saturated heterocycles. The number of nitrogens with zero attached hydrogens (tertiary/aromatic N) is 4. The summed E-state index contributed by atoms with van der Waals surface area (Å²) >= 11 is 0. The molecule has 8 heteroatoms. The highest BCUT2D eigenvalue weighted by molar-refractivity contribution is 6.01. The van der Waals surface area contributed by atoms with Crippen molar-refractivity contribution in [3.8, 4) is 0 Å². The van der Waals surface area contributed by atoms with E-state index in [0.29, 0.717) is 0 Å². The molecule has 1 aliphatic heterocycles. The highest BCUT2D eigenvalue weighted by atomic mass is 16.2. The SMILES string of the molecule is Cn1c(N)c(C(=O)CN2CCN(C/C=C/c3ccccc3)CC2)c(=O)n(C)c1=O. The van der Waals surface area contributed by atoms with Gasteiger partial charge in [-0.3, -0.25) is 28.5 Å². The normalized spacial score (nSPS) is 15.8. The van der Waals surface area contributed by atoms with Crippen LogP contribution in [0.15, 0.2) is 46.0 Å². The minimum absolute atomic E-state index is 0.0761. The van der Waals surface area contributed by atoms with Gasteiger partial charge in [-0.1, -0.05) is 42.5 Å². The smallest absolute Gasteiger partial charge is 0.332 e. The van der Waals surface area contributed by atoms with Crippen LogP contribution in [0.3, 0.4) is 0 Å². The van der Waals surface area contributed by atoms with E-state index in [9.17, 15) is 14.4 Å². The van der Waals surface area contributed by atoms with Gasteiger partial charge in [0.05, 0.1) is 6.54 Å². The van der Waals surface area contributed by atoms with Crippen molar-refractivity contribution in [2.45, 2.75) is 0 Å². The summed E-state index contributed by atoms with van der Waals surface area (Å²) in [5.41, 5.74) is 5.77. The van der Waals surface area contributed by atoms with E-state index in [0.717, 1.165) is 41.9 Å². The Balaban J connectivity index is 1.56. The minimum Gasteiger partial charge on any atom is -0.384 e. The second kappa shape index (κ2) is 9.02. The molecular formula is C21H27N5O3. The van der Waals surface area contributed by atoms with Crippen LogP contribution in [0.1, 0.15) is 15.9 Å². The molecule has 0 atom stereocenters. The summed E-state index contributed by atoms with van der Waals surface area (Å²) in [7, 11) is 2.80. The number of Topliss-reactive ketones (excluding diaryl/α,β-unsaturated/α-hetero) is 1. The van der Waals surface area contributed by atoms with Crippen LogP contribution in [-0.4, -0.2) is 64.0 Å². The maximum absolute atomic E-state index is 12.7. The van der Waals surface area contributed by atoms with Crippen molar-refractivity contribution in [1.82, 2.24) is 18.9 Å². The molecule has 1 aromatic heterocycles. The van der Waals surface area contributed by atoms with Crippen LogP contribution in [-0.2, 0) is 14.1 Å². The number of nitrogen functional groups attached to an aromatic ring is 1. The quantitative estimate of drug-likeness (QED) is 0.699. The van der Waals surface area contributed by atoms with Crippen molar-refractivity contribution in [2.24, 2.45) is 14.1 Å². The summed E-state index contributed by atoms with van der Waals surface area (Å²) in [5.74, 6) is -0.427. The third kappa shape index (κ3) is 4.72. The molecule has 29 heavy (non-hydrogen) atoms. The van der Waals surface area contributed by atoms with Gasteiger partial charge in [-0.15, -0.1) is 0 Å². The summed E-state index contributed by atoms with van der Waals surface area (Å²) in [6.07, 6.45) is 4.25. The number of piperazine rings is 1. The van der Waals surface area contributed by atoms with Crippen molar-refractivity contribution in [3.05, 3.63) is 68.4 Å². The Hall–Kier alpha value is -2.97. The van der Waals surface area contributed by atoms with Gasteiger partial charge in [0.15, 0.2) is 5.78 Å². The third-order valence-electron chi connectivity index (χ3n) is 5.29. The number of aromatic nitrogens is 2. The molecule has 1 fully saturated rings. The lowest BCUT2D eigenvalue weighted by Gasteiger charge is -2.33. The fraction of sp³-hybridized carbons (Fsp3) is 0.381. The highest BCUT2D eigenvalue weighted by Gasteiger charge is 2.24. The molecule has 1 aliphatic rings. The average molecular weight is 397 g/mol. The number of hydrogen-bond acceptors (Lipinski definition) is 6. The zero-order valence-electron chi connectivity index (χ0n) is 16.9. The fourth-order valence-electron chi connectivity index (χ4n) is 3.44. The number of hydrogen-bond donors (Lipinski definition) is 1. The first kappa shape index (κ1) is 20.8. The molecule has 0 aliphatic carbocycles. The van der Waals surface area contributed by atoms with Gasteiger partial charge < -0.3 is 5.73 Å². The zero-order chi connectivity index (χ0) is 21.0. The standard InChI is InChI=1S/C21H27N5O3/c1-23-19(22)18(20(28)24(2)21(23)29)17(27)15-26-13-11-25(12-14-26)10-6-9-16-7-4-3-5-8-16/h3-9H,10-15,22H2,1-2H3/b9-6+. The largest absolute Gasteiger partial charge is 0.384 e. The average Bonchev–Trinajstić information content (AvgIpc) is 2.73. The lowest BCUT2D eigenvalue weighted by Crippen LogP contribution is -2.49. The van der Waals surface area contributed by atoms with E-state index < -0.39 is 11.2 Å². The Morgan fingerprint density at radius 1 is 1.00 bits per heavy atom. The van der Waals surface area contributed by atoms with Gasteiger partial charge >= 0.3 is 5.69 Å². The van der Waals surface area contributed by atoms with E-state index in [1.807, 2.05) is 23.1 Å². The fourth-order valence-corrected chi connectivity index (χ4v) is 3.44. The predicted octanol–water partition coefficient (Wildman–Crippen LogP) is 0.180. The molecule has 0 radical (unpaired) electrons. The molecule has 0 saturated carbocycles. The minimum atomic E-state index is -0.639. The first-order valence-corrected chi connectivity index (χ1v) is 9.63. The molecule has 1 aromatic carbocycles. The van der Waals surface area contributed by atoms with Gasteiger partial charge in [0.1, 0.15) is 11.4 Å². The molecule has 8 nitrogen and oxygen atoms in total. The molecule has 0 bridgehead atoms. The molecule has 0 unspecified atom stereocenters. The van der Waals surface area contributed by atoms with Gasteiger partial charge in [0, 0.05) is 46.8 Å². The Kier molecular flexibility index (Phi) is 6.46. The molecule has 2 N–H and O–H groups in total. The van der Waals surface area contributed by atoms with Gasteiger partial charge in [-0.2, -0.15) is 0 Å². The van der Waals surface area contributed by atoms with E-state index >= 15 is 0 Å². The molecule has 3 rings (SSSR count). The number of carbonyl (C=O) groups is 1. The van der Waals surface area contributed by atoms with Crippen molar-refractivity contribution < 1.29 is 4.79 Å². The molecule has 154 valence electrons.